The summed E-state index contributed by atoms with van der Waals surface area (Å²) in [4.78, 5) is 13.7. The maximum absolute atomic E-state index is 11.5. The summed E-state index contributed by atoms with van der Waals surface area (Å²) in [5, 5.41) is 10.2. The van der Waals surface area contributed by atoms with Crippen LogP contribution in [-0.2, 0) is 11.3 Å². The Kier molecular flexibility index (Phi) is 4.48. The van der Waals surface area contributed by atoms with E-state index in [0.29, 0.717) is 13.0 Å². The van der Waals surface area contributed by atoms with E-state index in [4.69, 9.17) is 11.6 Å². The first kappa shape index (κ1) is 14.4. The first-order valence-corrected chi connectivity index (χ1v) is 7.14. The Morgan fingerprint density at radius 3 is 2.84 bits per heavy atom. The molecule has 1 aromatic rings. The molecular formula is C15H20ClNO2. The number of hydrogen-bond acceptors (Lipinski definition) is 2. The van der Waals surface area contributed by atoms with E-state index in [1.165, 1.54) is 0 Å². The van der Waals surface area contributed by atoms with Gasteiger partial charge in [-0.15, -0.1) is 0 Å². The summed E-state index contributed by atoms with van der Waals surface area (Å²) in [5.41, 5.74) is 0.487. The third-order valence-electron chi connectivity index (χ3n) is 4.14. The Hall–Kier alpha value is -1.06. The van der Waals surface area contributed by atoms with Crippen molar-refractivity contribution in [2.24, 2.45) is 5.41 Å². The second kappa shape index (κ2) is 5.93. The van der Waals surface area contributed by atoms with Crippen molar-refractivity contribution in [1.82, 2.24) is 4.90 Å². The van der Waals surface area contributed by atoms with Gasteiger partial charge in [0.25, 0.3) is 0 Å². The third kappa shape index (κ3) is 3.10. The molecule has 1 heterocycles. The molecule has 1 aromatic carbocycles. The number of likely N-dealkylation sites (tertiary alicyclic amines) is 1. The van der Waals surface area contributed by atoms with Crippen LogP contribution in [0.2, 0.25) is 5.02 Å². The van der Waals surface area contributed by atoms with Gasteiger partial charge in [0, 0.05) is 18.1 Å². The lowest BCUT2D eigenvalue weighted by molar-refractivity contribution is -0.153. The lowest BCUT2D eigenvalue weighted by atomic mass is 9.77. The minimum atomic E-state index is -0.668. The molecule has 1 saturated heterocycles. The number of nitrogens with zero attached hydrogens (tertiary/aromatic N) is 1. The van der Waals surface area contributed by atoms with Crippen LogP contribution in [0.4, 0.5) is 0 Å². The lowest BCUT2D eigenvalue weighted by Crippen LogP contribution is -2.47. The van der Waals surface area contributed by atoms with Crippen LogP contribution in [-0.4, -0.2) is 29.1 Å². The van der Waals surface area contributed by atoms with Crippen LogP contribution in [0.15, 0.2) is 24.3 Å². The standard InChI is InChI=1S/C15H20ClNO2/c1-2-15(14(18)19)8-5-9-17(11-15)10-12-6-3-4-7-13(12)16/h3-4,6-7H,2,5,8-11H2,1H3,(H,18,19). The SMILES string of the molecule is CCC1(C(=O)O)CCCN(Cc2ccccc2Cl)C1. The van der Waals surface area contributed by atoms with Crippen LogP contribution in [0, 0.1) is 5.41 Å². The number of benzene rings is 1. The molecule has 104 valence electrons. The monoisotopic (exact) mass is 281 g/mol. The Morgan fingerprint density at radius 2 is 2.21 bits per heavy atom. The van der Waals surface area contributed by atoms with Gasteiger partial charge in [0.1, 0.15) is 0 Å². The Bertz CT molecular complexity index is 463. The highest BCUT2D eigenvalue weighted by Crippen LogP contribution is 2.34. The molecular weight excluding hydrogens is 262 g/mol. The van der Waals surface area contributed by atoms with Crippen LogP contribution < -0.4 is 0 Å². The van der Waals surface area contributed by atoms with E-state index in [9.17, 15) is 9.90 Å². The number of carboxylic acids is 1. The van der Waals surface area contributed by atoms with Crippen LogP contribution in [0.25, 0.3) is 0 Å². The molecule has 19 heavy (non-hydrogen) atoms. The van der Waals surface area contributed by atoms with E-state index in [2.05, 4.69) is 4.90 Å². The van der Waals surface area contributed by atoms with E-state index in [1.807, 2.05) is 31.2 Å². The lowest BCUT2D eigenvalue weighted by Gasteiger charge is -2.39. The molecule has 0 bridgehead atoms. The van der Waals surface area contributed by atoms with E-state index < -0.39 is 11.4 Å². The van der Waals surface area contributed by atoms with Crippen LogP contribution >= 0.6 is 11.6 Å². The van der Waals surface area contributed by atoms with Gasteiger partial charge in [-0.1, -0.05) is 36.7 Å². The molecule has 0 saturated carbocycles. The molecule has 0 aliphatic carbocycles. The molecule has 3 nitrogen and oxygen atoms in total. The van der Waals surface area contributed by atoms with Crippen molar-refractivity contribution in [1.29, 1.82) is 0 Å². The second-order valence-electron chi connectivity index (χ2n) is 5.34. The number of halogens is 1. The van der Waals surface area contributed by atoms with Crippen LogP contribution in [0.5, 0.6) is 0 Å². The van der Waals surface area contributed by atoms with Gasteiger partial charge in [-0.3, -0.25) is 9.69 Å². The van der Waals surface area contributed by atoms with Crippen molar-refractivity contribution in [2.75, 3.05) is 13.1 Å². The Balaban J connectivity index is 2.10. The summed E-state index contributed by atoms with van der Waals surface area (Å²) in [7, 11) is 0. The summed E-state index contributed by atoms with van der Waals surface area (Å²) >= 11 is 6.17. The first-order valence-electron chi connectivity index (χ1n) is 6.76. The molecule has 2 rings (SSSR count). The van der Waals surface area contributed by atoms with Gasteiger partial charge < -0.3 is 5.11 Å². The van der Waals surface area contributed by atoms with Gasteiger partial charge in [0.05, 0.1) is 5.41 Å². The molecule has 0 aromatic heterocycles. The van der Waals surface area contributed by atoms with Crippen LogP contribution in [0.3, 0.4) is 0 Å². The molecule has 1 N–H and O–H groups in total. The predicted molar refractivity (Wildman–Crippen MR) is 76.3 cm³/mol. The van der Waals surface area contributed by atoms with Crippen molar-refractivity contribution < 1.29 is 9.90 Å². The number of aliphatic carboxylic acids is 1. The van der Waals surface area contributed by atoms with Gasteiger partial charge in [0.2, 0.25) is 0 Å². The normalized spacial score (nSPS) is 24.3. The highest BCUT2D eigenvalue weighted by molar-refractivity contribution is 6.31. The van der Waals surface area contributed by atoms with Crippen molar-refractivity contribution in [3.63, 3.8) is 0 Å². The van der Waals surface area contributed by atoms with Gasteiger partial charge in [-0.05, 0) is 37.4 Å². The van der Waals surface area contributed by atoms with Gasteiger partial charge in [-0.25, -0.2) is 0 Å². The minimum absolute atomic E-state index is 0.584. The molecule has 1 atom stereocenters. The smallest absolute Gasteiger partial charge is 0.310 e. The zero-order valence-electron chi connectivity index (χ0n) is 11.2. The molecule has 4 heteroatoms. The number of carbonyl (C=O) groups is 1. The third-order valence-corrected chi connectivity index (χ3v) is 4.51. The molecule has 1 unspecified atom stereocenters. The topological polar surface area (TPSA) is 40.5 Å². The number of hydrogen-bond donors (Lipinski definition) is 1. The number of piperidine rings is 1. The van der Waals surface area contributed by atoms with E-state index in [-0.39, 0.29) is 0 Å². The second-order valence-corrected chi connectivity index (χ2v) is 5.75. The van der Waals surface area contributed by atoms with Crippen molar-refractivity contribution >= 4 is 17.6 Å². The summed E-state index contributed by atoms with van der Waals surface area (Å²) < 4.78 is 0. The highest BCUT2D eigenvalue weighted by atomic mass is 35.5. The number of rotatable bonds is 4. The zero-order valence-corrected chi connectivity index (χ0v) is 12.0. The molecule has 1 aliphatic rings. The van der Waals surface area contributed by atoms with Gasteiger partial charge in [0.15, 0.2) is 0 Å². The minimum Gasteiger partial charge on any atom is -0.481 e. The fraction of sp³-hybridized carbons (Fsp3) is 0.533. The highest BCUT2D eigenvalue weighted by Gasteiger charge is 2.40. The zero-order chi connectivity index (χ0) is 13.9. The fourth-order valence-corrected chi connectivity index (χ4v) is 3.04. The maximum Gasteiger partial charge on any atom is 0.310 e. The molecule has 0 radical (unpaired) electrons. The molecule has 0 spiro atoms. The Morgan fingerprint density at radius 1 is 1.47 bits per heavy atom. The fourth-order valence-electron chi connectivity index (χ4n) is 2.84. The molecule has 1 aliphatic heterocycles. The van der Waals surface area contributed by atoms with Crippen molar-refractivity contribution in [2.45, 2.75) is 32.7 Å². The van der Waals surface area contributed by atoms with Gasteiger partial charge >= 0.3 is 5.97 Å². The summed E-state index contributed by atoms with van der Waals surface area (Å²) in [6.45, 7) is 4.26. The summed E-state index contributed by atoms with van der Waals surface area (Å²) in [6, 6.07) is 7.77. The van der Waals surface area contributed by atoms with Crippen molar-refractivity contribution in [3.05, 3.63) is 34.9 Å². The predicted octanol–water partition coefficient (Wildman–Crippen LogP) is 3.42. The van der Waals surface area contributed by atoms with E-state index in [1.54, 1.807) is 0 Å². The average molecular weight is 282 g/mol. The molecule has 0 amide bonds. The summed E-state index contributed by atoms with van der Waals surface area (Å²) in [5.74, 6) is -0.668. The average Bonchev–Trinajstić information content (AvgIpc) is 2.41. The summed E-state index contributed by atoms with van der Waals surface area (Å²) in [6.07, 6.45) is 2.39. The van der Waals surface area contributed by atoms with Gasteiger partial charge in [-0.2, -0.15) is 0 Å². The maximum atomic E-state index is 11.5. The molecule has 1 fully saturated rings. The first-order chi connectivity index (χ1) is 9.07. The van der Waals surface area contributed by atoms with Crippen LogP contribution in [0.1, 0.15) is 31.7 Å². The largest absolute Gasteiger partial charge is 0.481 e. The van der Waals surface area contributed by atoms with E-state index >= 15 is 0 Å². The number of carboxylic acid groups (broad SMARTS) is 1. The Labute approximate surface area is 119 Å². The van der Waals surface area contributed by atoms with Crippen molar-refractivity contribution in [3.8, 4) is 0 Å². The van der Waals surface area contributed by atoms with E-state index in [0.717, 1.165) is 36.5 Å². The quantitative estimate of drug-likeness (QED) is 0.919.